The highest BCUT2D eigenvalue weighted by atomic mass is 32.2. The van der Waals surface area contributed by atoms with Crippen LogP contribution in [-0.2, 0) is 19.5 Å². The van der Waals surface area contributed by atoms with Crippen LogP contribution in [0.3, 0.4) is 0 Å². The minimum Gasteiger partial charge on any atom is -0.460 e. The Balaban J connectivity index is 1.74. The van der Waals surface area contributed by atoms with Gasteiger partial charge in [-0.05, 0) is 38.5 Å². The molecule has 0 aliphatic carbocycles. The van der Waals surface area contributed by atoms with Gasteiger partial charge in [0.05, 0.1) is 30.3 Å². The topological polar surface area (TPSA) is 86.0 Å². The van der Waals surface area contributed by atoms with Crippen molar-refractivity contribution in [2.75, 3.05) is 19.8 Å². The molecule has 2 saturated heterocycles. The summed E-state index contributed by atoms with van der Waals surface area (Å²) in [5.74, 6) is -0.436. The van der Waals surface area contributed by atoms with Crippen LogP contribution in [0.2, 0.25) is 0 Å². The number of esters is 1. The maximum absolute atomic E-state index is 13.0. The molecule has 0 amide bonds. The molecule has 3 heterocycles. The second-order valence-corrected chi connectivity index (χ2v) is 8.24. The first kappa shape index (κ1) is 16.6. The van der Waals surface area contributed by atoms with Crippen LogP contribution in [0.1, 0.15) is 29.5 Å². The Morgan fingerprint density at radius 3 is 2.84 bits per heavy atom. The molecule has 0 saturated carbocycles. The van der Waals surface area contributed by atoms with Crippen LogP contribution in [0.5, 0.6) is 0 Å². The number of rotatable bonds is 4. The molecule has 134 valence electrons. The highest BCUT2D eigenvalue weighted by molar-refractivity contribution is 7.89. The fourth-order valence-electron chi connectivity index (χ4n) is 3.55. The Kier molecular flexibility index (Phi) is 3.86. The zero-order chi connectivity index (χ0) is 17.8. The largest absolute Gasteiger partial charge is 0.460 e. The molecule has 8 heteroatoms. The highest BCUT2D eigenvalue weighted by Crippen LogP contribution is 2.35. The van der Waals surface area contributed by atoms with E-state index >= 15 is 0 Å². The molecule has 2 aliphatic rings. The average molecular weight is 365 g/mol. The van der Waals surface area contributed by atoms with E-state index in [1.54, 1.807) is 26.0 Å². The molecular weight excluding hydrogens is 346 g/mol. The van der Waals surface area contributed by atoms with Crippen LogP contribution < -0.4 is 0 Å². The van der Waals surface area contributed by atoms with E-state index in [4.69, 9.17) is 13.9 Å². The van der Waals surface area contributed by atoms with E-state index < -0.39 is 16.0 Å². The van der Waals surface area contributed by atoms with Gasteiger partial charge in [0.25, 0.3) is 0 Å². The first-order chi connectivity index (χ1) is 11.9. The minimum atomic E-state index is -3.60. The van der Waals surface area contributed by atoms with Gasteiger partial charge in [0.2, 0.25) is 15.8 Å². The summed E-state index contributed by atoms with van der Waals surface area (Å²) in [6, 6.07) is 4.58. The first-order valence-electron chi connectivity index (χ1n) is 8.25. The van der Waals surface area contributed by atoms with Crippen LogP contribution >= 0.6 is 0 Å². The van der Waals surface area contributed by atoms with Crippen LogP contribution in [0, 0.1) is 6.92 Å². The van der Waals surface area contributed by atoms with Gasteiger partial charge < -0.3 is 13.9 Å². The third-order valence-electron chi connectivity index (χ3n) is 4.83. The smallest absolute Gasteiger partial charge is 0.374 e. The number of hydrogen-bond donors (Lipinski definition) is 0. The van der Waals surface area contributed by atoms with Crippen molar-refractivity contribution in [2.24, 2.45) is 0 Å². The van der Waals surface area contributed by atoms with Crippen molar-refractivity contribution in [1.29, 1.82) is 0 Å². The number of sulfonamides is 1. The van der Waals surface area contributed by atoms with E-state index in [1.807, 2.05) is 0 Å². The molecule has 2 fully saturated rings. The lowest BCUT2D eigenvalue weighted by molar-refractivity contribution is 0.0491. The lowest BCUT2D eigenvalue weighted by Gasteiger charge is -2.26. The molecular formula is C17H19NO6S. The predicted molar refractivity (Wildman–Crippen MR) is 88.9 cm³/mol. The van der Waals surface area contributed by atoms with E-state index in [0.29, 0.717) is 29.7 Å². The van der Waals surface area contributed by atoms with Crippen molar-refractivity contribution >= 4 is 27.0 Å². The zero-order valence-corrected chi connectivity index (χ0v) is 14.8. The van der Waals surface area contributed by atoms with Gasteiger partial charge in [-0.1, -0.05) is 0 Å². The van der Waals surface area contributed by atoms with Crippen molar-refractivity contribution in [1.82, 2.24) is 4.31 Å². The number of aryl methyl sites for hydroxylation is 1. The molecule has 2 bridgehead atoms. The second kappa shape index (κ2) is 5.82. The molecule has 1 aromatic heterocycles. The number of hydrogen-bond acceptors (Lipinski definition) is 6. The van der Waals surface area contributed by atoms with Crippen LogP contribution in [0.4, 0.5) is 0 Å². The molecule has 2 atom stereocenters. The lowest BCUT2D eigenvalue weighted by atomic mass is 10.1. The SMILES string of the molecule is CCOC(=O)c1oc2ccc(S(=O)(=O)N3C[C@H]4C[C@H]3CO4)cc2c1C. The number of carbonyl (C=O) groups is 1. The number of nitrogens with zero attached hydrogens (tertiary/aromatic N) is 1. The second-order valence-electron chi connectivity index (χ2n) is 6.35. The third-order valence-corrected chi connectivity index (χ3v) is 6.74. The van der Waals surface area contributed by atoms with Gasteiger partial charge in [-0.15, -0.1) is 0 Å². The maximum atomic E-state index is 13.0. The van der Waals surface area contributed by atoms with E-state index in [2.05, 4.69) is 0 Å². The zero-order valence-electron chi connectivity index (χ0n) is 14.0. The molecule has 2 aliphatic heterocycles. The number of carbonyl (C=O) groups excluding carboxylic acids is 1. The summed E-state index contributed by atoms with van der Waals surface area (Å²) in [7, 11) is -3.60. The summed E-state index contributed by atoms with van der Waals surface area (Å²) in [4.78, 5) is 12.2. The van der Waals surface area contributed by atoms with E-state index in [9.17, 15) is 13.2 Å². The van der Waals surface area contributed by atoms with E-state index in [-0.39, 0.29) is 29.4 Å². The summed E-state index contributed by atoms with van der Waals surface area (Å²) in [6.07, 6.45) is 0.744. The van der Waals surface area contributed by atoms with Gasteiger partial charge in [-0.25, -0.2) is 13.2 Å². The maximum Gasteiger partial charge on any atom is 0.374 e. The summed E-state index contributed by atoms with van der Waals surface area (Å²) in [5, 5.41) is 0.602. The Labute approximate surface area is 145 Å². The monoisotopic (exact) mass is 365 g/mol. The van der Waals surface area contributed by atoms with Crippen molar-refractivity contribution in [3.8, 4) is 0 Å². The predicted octanol–water partition coefficient (Wildman–Crippen LogP) is 2.08. The quantitative estimate of drug-likeness (QED) is 0.771. The standard InChI is InChI=1S/C17H19NO6S/c1-3-22-17(19)16-10(2)14-7-13(4-5-15(14)24-16)25(20,21)18-8-12-6-11(18)9-23-12/h4-5,7,11-12H,3,6,8-9H2,1-2H3/t11-,12+/m0/s1. The van der Waals surface area contributed by atoms with E-state index in [1.165, 1.54) is 10.4 Å². The number of fused-ring (bicyclic) bond motifs is 3. The van der Waals surface area contributed by atoms with Gasteiger partial charge in [0.15, 0.2) is 0 Å². The van der Waals surface area contributed by atoms with Gasteiger partial charge in [-0.2, -0.15) is 4.31 Å². The average Bonchev–Trinajstić information content (AvgIpc) is 3.29. The molecule has 0 radical (unpaired) electrons. The van der Waals surface area contributed by atoms with Crippen LogP contribution in [0.15, 0.2) is 27.5 Å². The number of furan rings is 1. The Hall–Kier alpha value is -1.90. The Morgan fingerprint density at radius 2 is 2.20 bits per heavy atom. The van der Waals surface area contributed by atoms with Crippen molar-refractivity contribution in [2.45, 2.75) is 37.3 Å². The highest BCUT2D eigenvalue weighted by Gasteiger charge is 2.45. The summed E-state index contributed by atoms with van der Waals surface area (Å²) in [5.41, 5.74) is 1.04. The van der Waals surface area contributed by atoms with Crippen LogP contribution in [0.25, 0.3) is 11.0 Å². The molecule has 0 unspecified atom stereocenters. The molecule has 7 nitrogen and oxygen atoms in total. The lowest BCUT2D eigenvalue weighted by Crippen LogP contribution is -2.41. The Morgan fingerprint density at radius 1 is 1.40 bits per heavy atom. The fourth-order valence-corrected chi connectivity index (χ4v) is 5.23. The number of ether oxygens (including phenoxy) is 2. The molecule has 4 rings (SSSR count). The molecule has 1 aromatic carbocycles. The molecule has 0 N–H and O–H groups in total. The number of morpholine rings is 1. The Bertz CT molecular complexity index is 947. The van der Waals surface area contributed by atoms with Gasteiger partial charge >= 0.3 is 5.97 Å². The minimum absolute atomic E-state index is 0.00501. The molecule has 2 aromatic rings. The third kappa shape index (κ3) is 2.56. The number of benzene rings is 1. The normalized spacial score (nSPS) is 23.4. The molecule has 25 heavy (non-hydrogen) atoms. The van der Waals surface area contributed by atoms with Crippen molar-refractivity contribution in [3.05, 3.63) is 29.5 Å². The summed E-state index contributed by atoms with van der Waals surface area (Å²) in [6.45, 7) is 4.52. The molecule has 0 spiro atoms. The summed E-state index contributed by atoms with van der Waals surface area (Å²) >= 11 is 0. The van der Waals surface area contributed by atoms with Gasteiger partial charge in [0.1, 0.15) is 5.58 Å². The van der Waals surface area contributed by atoms with E-state index in [0.717, 1.165) is 6.42 Å². The van der Waals surface area contributed by atoms with Crippen molar-refractivity contribution < 1.29 is 27.1 Å². The summed E-state index contributed by atoms with van der Waals surface area (Å²) < 4.78 is 43.5. The first-order valence-corrected chi connectivity index (χ1v) is 9.69. The van der Waals surface area contributed by atoms with Gasteiger partial charge in [0, 0.05) is 17.5 Å². The van der Waals surface area contributed by atoms with Crippen LogP contribution in [-0.4, -0.2) is 50.6 Å². The fraction of sp³-hybridized carbons (Fsp3) is 0.471. The van der Waals surface area contributed by atoms with Crippen molar-refractivity contribution in [3.63, 3.8) is 0 Å². The van der Waals surface area contributed by atoms with Gasteiger partial charge in [-0.3, -0.25) is 0 Å².